The highest BCUT2D eigenvalue weighted by atomic mass is 16.2. The topological polar surface area (TPSA) is 85.1 Å². The fraction of sp³-hybridized carbons (Fsp3) is 0.160. The molecule has 162 valence electrons. The normalized spacial score (nSPS) is 11.8. The van der Waals surface area contributed by atoms with Gasteiger partial charge in [0.25, 0.3) is 5.91 Å². The molecule has 2 N–H and O–H groups in total. The van der Waals surface area contributed by atoms with Gasteiger partial charge in [0.1, 0.15) is 6.54 Å². The third-order valence-electron chi connectivity index (χ3n) is 5.45. The second kappa shape index (κ2) is 8.93. The second-order valence-electron chi connectivity index (χ2n) is 7.62. The Morgan fingerprint density at radius 1 is 0.875 bits per heavy atom. The van der Waals surface area contributed by atoms with Crippen molar-refractivity contribution in [2.45, 2.75) is 19.5 Å². The SMILES string of the molecule is CC(NC(=O)c1ccccc1NC(=O)Cn1c(=O)n(C)c2ccccc21)c1ccccc1. The Hall–Kier alpha value is -4.13. The number of carbonyl (C=O) groups excluding carboxylic acids is 2. The maximum absolute atomic E-state index is 12.9. The minimum atomic E-state index is -0.389. The number of amides is 2. The Kier molecular flexibility index (Phi) is 5.89. The van der Waals surface area contributed by atoms with Crippen LogP contribution in [0, 0.1) is 0 Å². The van der Waals surface area contributed by atoms with Crippen LogP contribution in [0.5, 0.6) is 0 Å². The van der Waals surface area contributed by atoms with Gasteiger partial charge in [-0.15, -0.1) is 0 Å². The molecule has 4 aromatic rings. The average Bonchev–Trinajstić information content (AvgIpc) is 3.05. The zero-order valence-electron chi connectivity index (χ0n) is 17.9. The van der Waals surface area contributed by atoms with Crippen LogP contribution in [0.1, 0.15) is 28.9 Å². The van der Waals surface area contributed by atoms with Crippen molar-refractivity contribution >= 4 is 28.5 Å². The zero-order valence-corrected chi connectivity index (χ0v) is 17.9. The molecule has 0 aliphatic rings. The molecule has 2 amide bonds. The Morgan fingerprint density at radius 3 is 2.25 bits per heavy atom. The van der Waals surface area contributed by atoms with E-state index in [-0.39, 0.29) is 30.1 Å². The van der Waals surface area contributed by atoms with E-state index in [9.17, 15) is 14.4 Å². The molecule has 1 unspecified atom stereocenters. The molecule has 0 radical (unpaired) electrons. The summed E-state index contributed by atoms with van der Waals surface area (Å²) >= 11 is 0. The third kappa shape index (κ3) is 4.18. The van der Waals surface area contributed by atoms with E-state index in [2.05, 4.69) is 10.6 Å². The Labute approximate surface area is 185 Å². The molecule has 0 bridgehead atoms. The molecule has 0 fully saturated rings. The van der Waals surface area contributed by atoms with E-state index in [1.807, 2.05) is 55.5 Å². The van der Waals surface area contributed by atoms with Crippen LogP contribution in [-0.4, -0.2) is 20.9 Å². The van der Waals surface area contributed by atoms with E-state index >= 15 is 0 Å². The van der Waals surface area contributed by atoms with E-state index in [4.69, 9.17) is 0 Å². The lowest BCUT2D eigenvalue weighted by Crippen LogP contribution is -2.30. The summed E-state index contributed by atoms with van der Waals surface area (Å²) in [6, 6.07) is 23.6. The number of benzene rings is 3. The van der Waals surface area contributed by atoms with Gasteiger partial charge >= 0.3 is 5.69 Å². The lowest BCUT2D eigenvalue weighted by atomic mass is 10.1. The third-order valence-corrected chi connectivity index (χ3v) is 5.45. The van der Waals surface area contributed by atoms with Gasteiger partial charge < -0.3 is 10.6 Å². The highest BCUT2D eigenvalue weighted by molar-refractivity contribution is 6.04. The van der Waals surface area contributed by atoms with Gasteiger partial charge in [-0.2, -0.15) is 0 Å². The smallest absolute Gasteiger partial charge is 0.329 e. The second-order valence-corrected chi connectivity index (χ2v) is 7.62. The van der Waals surface area contributed by atoms with Crippen molar-refractivity contribution in [1.29, 1.82) is 0 Å². The first-order chi connectivity index (χ1) is 15.5. The van der Waals surface area contributed by atoms with Crippen LogP contribution in [0.15, 0.2) is 83.7 Å². The standard InChI is InChI=1S/C25H24N4O3/c1-17(18-10-4-3-5-11-18)26-24(31)19-12-6-7-13-20(19)27-23(30)16-29-22-15-9-8-14-21(22)28(2)25(29)32/h3-15,17H,16H2,1-2H3,(H,26,31)(H,27,30). The zero-order chi connectivity index (χ0) is 22.7. The van der Waals surface area contributed by atoms with E-state index in [0.29, 0.717) is 16.8 Å². The lowest BCUT2D eigenvalue weighted by molar-refractivity contribution is -0.116. The fourth-order valence-electron chi connectivity index (χ4n) is 3.74. The van der Waals surface area contributed by atoms with E-state index in [1.54, 1.807) is 37.4 Å². The average molecular weight is 428 g/mol. The van der Waals surface area contributed by atoms with Crippen molar-refractivity contribution < 1.29 is 9.59 Å². The first-order valence-electron chi connectivity index (χ1n) is 10.3. The molecule has 0 saturated carbocycles. The van der Waals surface area contributed by atoms with Crippen LogP contribution in [0.25, 0.3) is 11.0 Å². The molecule has 1 heterocycles. The molecule has 1 atom stereocenters. The van der Waals surface area contributed by atoms with Gasteiger partial charge in [0.05, 0.1) is 28.3 Å². The summed E-state index contributed by atoms with van der Waals surface area (Å²) in [7, 11) is 1.67. The molecule has 0 spiro atoms. The highest BCUT2D eigenvalue weighted by Crippen LogP contribution is 2.18. The lowest BCUT2D eigenvalue weighted by Gasteiger charge is -2.16. The van der Waals surface area contributed by atoms with Gasteiger partial charge in [0, 0.05) is 7.05 Å². The highest BCUT2D eigenvalue weighted by Gasteiger charge is 2.18. The van der Waals surface area contributed by atoms with Gasteiger partial charge in [-0.05, 0) is 36.8 Å². The Balaban J connectivity index is 1.52. The van der Waals surface area contributed by atoms with E-state index in [0.717, 1.165) is 11.1 Å². The summed E-state index contributed by atoms with van der Waals surface area (Å²) < 4.78 is 2.93. The fourth-order valence-corrected chi connectivity index (χ4v) is 3.74. The Morgan fingerprint density at radius 2 is 1.50 bits per heavy atom. The van der Waals surface area contributed by atoms with Crippen LogP contribution in [0.2, 0.25) is 0 Å². The van der Waals surface area contributed by atoms with Crippen LogP contribution in [-0.2, 0) is 18.4 Å². The summed E-state index contributed by atoms with van der Waals surface area (Å²) in [5.41, 5.74) is 2.89. The molecule has 0 aliphatic heterocycles. The number of aryl methyl sites for hydroxylation is 1. The summed E-state index contributed by atoms with van der Waals surface area (Å²) in [6.45, 7) is 1.75. The van der Waals surface area contributed by atoms with Crippen molar-refractivity contribution in [3.05, 3.63) is 100 Å². The number of nitrogens with zero attached hydrogens (tertiary/aromatic N) is 2. The maximum atomic E-state index is 12.9. The largest absolute Gasteiger partial charge is 0.345 e. The van der Waals surface area contributed by atoms with Gasteiger partial charge in [-0.3, -0.25) is 18.7 Å². The van der Waals surface area contributed by atoms with Crippen molar-refractivity contribution in [3.63, 3.8) is 0 Å². The number of anilines is 1. The quantitative estimate of drug-likeness (QED) is 0.493. The first-order valence-corrected chi connectivity index (χ1v) is 10.3. The molecule has 1 aromatic heterocycles. The molecular formula is C25H24N4O3. The number of hydrogen-bond donors (Lipinski definition) is 2. The van der Waals surface area contributed by atoms with E-state index in [1.165, 1.54) is 9.13 Å². The van der Waals surface area contributed by atoms with E-state index < -0.39 is 0 Å². The van der Waals surface area contributed by atoms with Gasteiger partial charge in [0.15, 0.2) is 0 Å². The van der Waals surface area contributed by atoms with Crippen molar-refractivity contribution in [2.75, 3.05) is 5.32 Å². The number of carbonyl (C=O) groups is 2. The van der Waals surface area contributed by atoms with Crippen LogP contribution >= 0.6 is 0 Å². The summed E-state index contributed by atoms with van der Waals surface area (Å²) in [6.07, 6.45) is 0. The summed E-state index contributed by atoms with van der Waals surface area (Å²) in [4.78, 5) is 38.3. The molecule has 3 aromatic carbocycles. The Bertz CT molecular complexity index is 1340. The number of aromatic nitrogens is 2. The minimum absolute atomic E-state index is 0.156. The number of rotatable bonds is 6. The number of imidazole rings is 1. The molecule has 4 rings (SSSR count). The maximum Gasteiger partial charge on any atom is 0.329 e. The number of fused-ring (bicyclic) bond motifs is 1. The predicted octanol–water partition coefficient (Wildman–Crippen LogP) is 3.47. The molecule has 0 aliphatic carbocycles. The number of nitrogens with one attached hydrogen (secondary N) is 2. The van der Waals surface area contributed by atoms with Gasteiger partial charge in [-0.1, -0.05) is 54.6 Å². The molecule has 7 heteroatoms. The summed E-state index contributed by atoms with van der Waals surface area (Å²) in [5.74, 6) is -0.681. The molecule has 32 heavy (non-hydrogen) atoms. The monoisotopic (exact) mass is 428 g/mol. The molecule has 0 saturated heterocycles. The number of para-hydroxylation sites is 3. The van der Waals surface area contributed by atoms with Crippen molar-refractivity contribution in [1.82, 2.24) is 14.5 Å². The number of hydrogen-bond acceptors (Lipinski definition) is 3. The van der Waals surface area contributed by atoms with Gasteiger partial charge in [-0.25, -0.2) is 4.79 Å². The van der Waals surface area contributed by atoms with Gasteiger partial charge in [0.2, 0.25) is 5.91 Å². The minimum Gasteiger partial charge on any atom is -0.345 e. The first kappa shape index (κ1) is 21.1. The van der Waals surface area contributed by atoms with Crippen LogP contribution < -0.4 is 16.3 Å². The van der Waals surface area contributed by atoms with Crippen molar-refractivity contribution in [2.24, 2.45) is 7.05 Å². The van der Waals surface area contributed by atoms with Crippen LogP contribution in [0.4, 0.5) is 5.69 Å². The predicted molar refractivity (Wildman–Crippen MR) is 125 cm³/mol. The molecule has 7 nitrogen and oxygen atoms in total. The summed E-state index contributed by atoms with van der Waals surface area (Å²) in [5, 5.41) is 5.75. The van der Waals surface area contributed by atoms with Crippen molar-refractivity contribution in [3.8, 4) is 0 Å². The molecular weight excluding hydrogens is 404 g/mol. The van der Waals surface area contributed by atoms with Crippen LogP contribution in [0.3, 0.4) is 0 Å².